The van der Waals surface area contributed by atoms with Crippen LogP contribution in [0.1, 0.15) is 39.0 Å². The number of nitrogens with one attached hydrogen (secondary N) is 1. The van der Waals surface area contributed by atoms with Gasteiger partial charge in [0.15, 0.2) is 0 Å². The van der Waals surface area contributed by atoms with E-state index in [2.05, 4.69) is 17.1 Å². The molecule has 0 aromatic rings. The Morgan fingerprint density at radius 1 is 1.56 bits per heavy atom. The molecule has 1 amide bonds. The van der Waals surface area contributed by atoms with Crippen LogP contribution in [-0.2, 0) is 4.79 Å². The molecule has 2 rings (SSSR count). The van der Waals surface area contributed by atoms with Gasteiger partial charge in [0.25, 0.3) is 0 Å². The van der Waals surface area contributed by atoms with Gasteiger partial charge in [0.1, 0.15) is 0 Å². The average molecular weight is 254 g/mol. The van der Waals surface area contributed by atoms with Gasteiger partial charge in [0.05, 0.1) is 5.41 Å². The Kier molecular flexibility index (Phi) is 4.62. The number of nitrogens with zero attached hydrogens (tertiary/aromatic N) is 1. The third-order valence-corrected chi connectivity index (χ3v) is 4.72. The molecule has 0 aromatic carbocycles. The highest BCUT2D eigenvalue weighted by Crippen LogP contribution is 2.33. The Labute approximate surface area is 110 Å². The van der Waals surface area contributed by atoms with E-state index in [4.69, 9.17) is 5.11 Å². The minimum absolute atomic E-state index is 0.152. The van der Waals surface area contributed by atoms with Gasteiger partial charge in [-0.15, -0.1) is 0 Å². The second kappa shape index (κ2) is 6.02. The van der Waals surface area contributed by atoms with Gasteiger partial charge in [-0.05, 0) is 44.6 Å². The van der Waals surface area contributed by atoms with E-state index in [9.17, 15) is 4.79 Å². The van der Waals surface area contributed by atoms with Crippen molar-refractivity contribution in [2.45, 2.75) is 39.0 Å². The van der Waals surface area contributed by atoms with Crippen LogP contribution in [0, 0.1) is 11.3 Å². The standard InChI is InChI=1S/C14H26N2O2/c1-2-14(6-7-15-11-14)13(18)16-8-3-4-12(10-16)5-9-17/h12,15,17H,2-11H2,1H3. The van der Waals surface area contributed by atoms with E-state index in [-0.39, 0.29) is 12.0 Å². The maximum atomic E-state index is 12.7. The van der Waals surface area contributed by atoms with E-state index >= 15 is 0 Å². The minimum Gasteiger partial charge on any atom is -0.396 e. The summed E-state index contributed by atoms with van der Waals surface area (Å²) >= 11 is 0. The molecule has 4 heteroatoms. The van der Waals surface area contributed by atoms with Gasteiger partial charge in [-0.2, -0.15) is 0 Å². The molecule has 0 spiro atoms. The Morgan fingerprint density at radius 3 is 3.00 bits per heavy atom. The lowest BCUT2D eigenvalue weighted by Gasteiger charge is -2.38. The van der Waals surface area contributed by atoms with Crippen molar-refractivity contribution in [1.29, 1.82) is 0 Å². The molecule has 2 atom stereocenters. The summed E-state index contributed by atoms with van der Waals surface area (Å²) in [5.41, 5.74) is -0.152. The molecular formula is C14H26N2O2. The molecule has 2 aliphatic heterocycles. The Balaban J connectivity index is 1.99. The number of amides is 1. The molecule has 0 aromatic heterocycles. The molecule has 2 N–H and O–H groups in total. The summed E-state index contributed by atoms with van der Waals surface area (Å²) in [5.74, 6) is 0.841. The summed E-state index contributed by atoms with van der Waals surface area (Å²) < 4.78 is 0. The zero-order valence-electron chi connectivity index (χ0n) is 11.5. The smallest absolute Gasteiger partial charge is 0.230 e. The number of piperidine rings is 1. The number of carbonyl (C=O) groups excluding carboxylic acids is 1. The second-order valence-electron chi connectivity index (χ2n) is 5.83. The van der Waals surface area contributed by atoms with Gasteiger partial charge < -0.3 is 15.3 Å². The number of aliphatic hydroxyl groups excluding tert-OH is 1. The predicted octanol–water partition coefficient (Wildman–Crippen LogP) is 0.997. The van der Waals surface area contributed by atoms with Crippen molar-refractivity contribution >= 4 is 5.91 Å². The van der Waals surface area contributed by atoms with E-state index in [1.54, 1.807) is 0 Å². The first-order valence-corrected chi connectivity index (χ1v) is 7.33. The normalized spacial score (nSPS) is 32.8. The largest absolute Gasteiger partial charge is 0.396 e. The highest BCUT2D eigenvalue weighted by Gasteiger charge is 2.42. The second-order valence-corrected chi connectivity index (χ2v) is 5.83. The van der Waals surface area contributed by atoms with E-state index in [1.165, 1.54) is 0 Å². The van der Waals surface area contributed by atoms with E-state index in [0.717, 1.165) is 58.3 Å². The molecule has 0 radical (unpaired) electrons. The van der Waals surface area contributed by atoms with Crippen molar-refractivity contribution in [3.05, 3.63) is 0 Å². The van der Waals surface area contributed by atoms with Crippen molar-refractivity contribution in [1.82, 2.24) is 10.2 Å². The molecule has 4 nitrogen and oxygen atoms in total. The van der Waals surface area contributed by atoms with Gasteiger partial charge >= 0.3 is 0 Å². The molecule has 0 bridgehead atoms. The monoisotopic (exact) mass is 254 g/mol. The van der Waals surface area contributed by atoms with Crippen molar-refractivity contribution in [2.24, 2.45) is 11.3 Å². The summed E-state index contributed by atoms with van der Waals surface area (Å²) in [7, 11) is 0. The summed E-state index contributed by atoms with van der Waals surface area (Å²) in [6.07, 6.45) is 4.98. The molecule has 2 aliphatic rings. The summed E-state index contributed by atoms with van der Waals surface area (Å²) in [6.45, 7) is 5.92. The van der Waals surface area contributed by atoms with Crippen molar-refractivity contribution in [3.8, 4) is 0 Å². The van der Waals surface area contributed by atoms with Crippen molar-refractivity contribution < 1.29 is 9.90 Å². The van der Waals surface area contributed by atoms with Gasteiger partial charge in [-0.1, -0.05) is 6.92 Å². The number of hydrogen-bond donors (Lipinski definition) is 2. The average Bonchev–Trinajstić information content (AvgIpc) is 2.88. The molecule has 0 aliphatic carbocycles. The molecule has 104 valence electrons. The number of carbonyl (C=O) groups is 1. The molecular weight excluding hydrogens is 228 g/mol. The van der Waals surface area contributed by atoms with Crippen LogP contribution in [0.15, 0.2) is 0 Å². The molecule has 2 saturated heterocycles. The van der Waals surface area contributed by atoms with Gasteiger partial charge in [0, 0.05) is 26.2 Å². The lowest BCUT2D eigenvalue weighted by Crippen LogP contribution is -2.49. The number of aliphatic hydroxyl groups is 1. The fraction of sp³-hybridized carbons (Fsp3) is 0.929. The van der Waals surface area contributed by atoms with Crippen LogP contribution in [-0.4, -0.2) is 48.7 Å². The summed E-state index contributed by atoms with van der Waals surface area (Å²) in [5, 5.41) is 12.4. The Morgan fingerprint density at radius 2 is 2.39 bits per heavy atom. The molecule has 2 heterocycles. The van der Waals surface area contributed by atoms with Crippen molar-refractivity contribution in [2.75, 3.05) is 32.8 Å². The van der Waals surface area contributed by atoms with Crippen LogP contribution < -0.4 is 5.32 Å². The fourth-order valence-electron chi connectivity index (χ4n) is 3.38. The van der Waals surface area contributed by atoms with E-state index in [0.29, 0.717) is 11.8 Å². The van der Waals surface area contributed by atoms with Crippen LogP contribution in [0.5, 0.6) is 0 Å². The van der Waals surface area contributed by atoms with Crippen LogP contribution >= 0.6 is 0 Å². The SMILES string of the molecule is CCC1(C(=O)N2CCCC(CCO)C2)CCNC1. The maximum absolute atomic E-state index is 12.7. The number of likely N-dealkylation sites (tertiary alicyclic amines) is 1. The van der Waals surface area contributed by atoms with Crippen LogP contribution in [0.25, 0.3) is 0 Å². The van der Waals surface area contributed by atoms with Gasteiger partial charge in [-0.25, -0.2) is 0 Å². The van der Waals surface area contributed by atoms with Crippen LogP contribution in [0.3, 0.4) is 0 Å². The van der Waals surface area contributed by atoms with Gasteiger partial charge in [-0.3, -0.25) is 4.79 Å². The number of rotatable bonds is 4. The first-order chi connectivity index (χ1) is 8.72. The first-order valence-electron chi connectivity index (χ1n) is 7.33. The Hall–Kier alpha value is -0.610. The lowest BCUT2D eigenvalue weighted by atomic mass is 9.81. The zero-order valence-corrected chi connectivity index (χ0v) is 11.5. The third-order valence-electron chi connectivity index (χ3n) is 4.72. The lowest BCUT2D eigenvalue weighted by molar-refractivity contribution is -0.143. The molecule has 0 saturated carbocycles. The fourth-order valence-corrected chi connectivity index (χ4v) is 3.38. The third kappa shape index (κ3) is 2.69. The van der Waals surface area contributed by atoms with Crippen LogP contribution in [0.4, 0.5) is 0 Å². The summed E-state index contributed by atoms with van der Waals surface area (Å²) in [4.78, 5) is 14.8. The topological polar surface area (TPSA) is 52.6 Å². The zero-order chi connectivity index (χ0) is 13.0. The van der Waals surface area contributed by atoms with Gasteiger partial charge in [0.2, 0.25) is 5.91 Å². The maximum Gasteiger partial charge on any atom is 0.230 e. The minimum atomic E-state index is -0.152. The Bertz CT molecular complexity index is 286. The first kappa shape index (κ1) is 13.8. The number of hydrogen-bond acceptors (Lipinski definition) is 3. The van der Waals surface area contributed by atoms with Crippen molar-refractivity contribution in [3.63, 3.8) is 0 Å². The quantitative estimate of drug-likeness (QED) is 0.787. The molecule has 2 fully saturated rings. The highest BCUT2D eigenvalue weighted by molar-refractivity contribution is 5.83. The van der Waals surface area contributed by atoms with Crippen LogP contribution in [0.2, 0.25) is 0 Å². The van der Waals surface area contributed by atoms with E-state index < -0.39 is 0 Å². The molecule has 2 unspecified atom stereocenters. The summed E-state index contributed by atoms with van der Waals surface area (Å²) in [6, 6.07) is 0. The predicted molar refractivity (Wildman–Crippen MR) is 71.2 cm³/mol. The van der Waals surface area contributed by atoms with E-state index in [1.807, 2.05) is 0 Å². The highest BCUT2D eigenvalue weighted by atomic mass is 16.3. The molecule has 18 heavy (non-hydrogen) atoms.